The van der Waals surface area contributed by atoms with Crippen LogP contribution in [0.5, 0.6) is 5.75 Å². The zero-order valence-electron chi connectivity index (χ0n) is 14.3. The molecular formula is C19H28N2O3. The van der Waals surface area contributed by atoms with Gasteiger partial charge in [0, 0.05) is 12.6 Å². The van der Waals surface area contributed by atoms with Crippen molar-refractivity contribution in [1.29, 1.82) is 0 Å². The molecule has 0 spiro atoms. The lowest BCUT2D eigenvalue weighted by atomic mass is 9.96. The number of urea groups is 1. The second-order valence-corrected chi connectivity index (χ2v) is 6.73. The van der Waals surface area contributed by atoms with E-state index in [1.165, 1.54) is 25.7 Å². The molecule has 1 unspecified atom stereocenters. The molecule has 0 bridgehead atoms. The van der Waals surface area contributed by atoms with E-state index in [0.29, 0.717) is 24.1 Å². The highest BCUT2D eigenvalue weighted by Crippen LogP contribution is 2.25. The van der Waals surface area contributed by atoms with Crippen molar-refractivity contribution in [1.82, 2.24) is 5.32 Å². The van der Waals surface area contributed by atoms with Crippen LogP contribution >= 0.6 is 0 Å². The number of nitrogens with one attached hydrogen (secondary N) is 2. The van der Waals surface area contributed by atoms with Crippen molar-refractivity contribution in [2.75, 3.05) is 18.5 Å². The summed E-state index contributed by atoms with van der Waals surface area (Å²) in [6.07, 6.45) is 9.35. The molecule has 1 aromatic carbocycles. The number of benzene rings is 1. The predicted octanol–water partition coefficient (Wildman–Crippen LogP) is 4.09. The monoisotopic (exact) mass is 332 g/mol. The molecule has 1 heterocycles. The van der Waals surface area contributed by atoms with Gasteiger partial charge in [0.25, 0.3) is 0 Å². The molecule has 5 heteroatoms. The molecule has 2 N–H and O–H groups in total. The second-order valence-electron chi connectivity index (χ2n) is 6.73. The third kappa shape index (κ3) is 5.13. The second kappa shape index (κ2) is 8.92. The minimum absolute atomic E-state index is 0.146. The molecule has 1 aromatic rings. The predicted molar refractivity (Wildman–Crippen MR) is 94.6 cm³/mol. The Labute approximate surface area is 144 Å². The lowest BCUT2D eigenvalue weighted by Crippen LogP contribution is -2.39. The maximum atomic E-state index is 12.2. The average molecular weight is 332 g/mol. The fraction of sp³-hybridized carbons (Fsp3) is 0.632. The Kier molecular flexibility index (Phi) is 6.35. The number of rotatable bonds is 5. The Morgan fingerprint density at radius 1 is 1.08 bits per heavy atom. The first kappa shape index (κ1) is 17.1. The van der Waals surface area contributed by atoms with Gasteiger partial charge in [0.1, 0.15) is 12.4 Å². The van der Waals surface area contributed by atoms with E-state index < -0.39 is 0 Å². The van der Waals surface area contributed by atoms with Gasteiger partial charge in [0.2, 0.25) is 0 Å². The van der Waals surface area contributed by atoms with Crippen LogP contribution in [0.2, 0.25) is 0 Å². The SMILES string of the molecule is O=C(Nc1ccccc1OCC1CCCCO1)NC1CCCCC1. The number of carbonyl (C=O) groups is 1. The number of hydrogen-bond acceptors (Lipinski definition) is 3. The lowest BCUT2D eigenvalue weighted by Gasteiger charge is -2.24. The van der Waals surface area contributed by atoms with Crippen LogP contribution in [0.3, 0.4) is 0 Å². The molecule has 1 aliphatic heterocycles. The number of ether oxygens (including phenoxy) is 2. The van der Waals surface area contributed by atoms with Crippen LogP contribution in [0, 0.1) is 0 Å². The summed E-state index contributed by atoms with van der Waals surface area (Å²) in [5, 5.41) is 6.00. The smallest absolute Gasteiger partial charge is 0.319 e. The summed E-state index contributed by atoms with van der Waals surface area (Å²) in [6.45, 7) is 1.35. The van der Waals surface area contributed by atoms with Gasteiger partial charge in [-0.05, 0) is 44.2 Å². The molecule has 3 rings (SSSR count). The maximum Gasteiger partial charge on any atom is 0.319 e. The standard InChI is InChI=1S/C19H28N2O3/c22-19(20-15-8-2-1-3-9-15)21-17-11-4-5-12-18(17)24-14-16-10-6-7-13-23-16/h4-5,11-12,15-16H,1-3,6-10,13-14H2,(H2,20,21,22). The van der Waals surface area contributed by atoms with Crippen molar-refractivity contribution in [3.05, 3.63) is 24.3 Å². The first-order chi connectivity index (χ1) is 11.8. The van der Waals surface area contributed by atoms with Crippen molar-refractivity contribution >= 4 is 11.7 Å². The van der Waals surface area contributed by atoms with Gasteiger partial charge in [-0.2, -0.15) is 0 Å². The maximum absolute atomic E-state index is 12.2. The first-order valence-corrected chi connectivity index (χ1v) is 9.22. The molecule has 1 aliphatic carbocycles. The fourth-order valence-corrected chi connectivity index (χ4v) is 3.41. The normalized spacial score (nSPS) is 21.9. The Morgan fingerprint density at radius 3 is 2.67 bits per heavy atom. The van der Waals surface area contributed by atoms with Gasteiger partial charge < -0.3 is 20.1 Å². The van der Waals surface area contributed by atoms with Crippen molar-refractivity contribution < 1.29 is 14.3 Å². The molecule has 2 aliphatic rings. The van der Waals surface area contributed by atoms with Crippen molar-refractivity contribution in [3.63, 3.8) is 0 Å². The van der Waals surface area contributed by atoms with Gasteiger partial charge in [0.05, 0.1) is 11.8 Å². The number of para-hydroxylation sites is 2. The van der Waals surface area contributed by atoms with Crippen LogP contribution in [-0.4, -0.2) is 31.4 Å². The van der Waals surface area contributed by atoms with Gasteiger partial charge in [0.15, 0.2) is 0 Å². The Hall–Kier alpha value is -1.75. The van der Waals surface area contributed by atoms with E-state index in [0.717, 1.165) is 32.3 Å². The van der Waals surface area contributed by atoms with E-state index >= 15 is 0 Å². The highest BCUT2D eigenvalue weighted by Gasteiger charge is 2.18. The van der Waals surface area contributed by atoms with Crippen molar-refractivity contribution in [2.45, 2.75) is 63.5 Å². The van der Waals surface area contributed by atoms with Gasteiger partial charge in [-0.25, -0.2) is 4.79 Å². The Balaban J connectivity index is 1.51. The summed E-state index contributed by atoms with van der Waals surface area (Å²) in [5.41, 5.74) is 0.710. The third-order valence-corrected chi connectivity index (χ3v) is 4.77. The Bertz CT molecular complexity index is 523. The number of carbonyl (C=O) groups excluding carboxylic acids is 1. The zero-order chi connectivity index (χ0) is 16.6. The summed E-state index contributed by atoms with van der Waals surface area (Å²) in [6, 6.07) is 7.73. The van der Waals surface area contributed by atoms with E-state index in [4.69, 9.17) is 9.47 Å². The molecule has 1 saturated carbocycles. The minimum Gasteiger partial charge on any atom is -0.489 e. The average Bonchev–Trinajstić information content (AvgIpc) is 2.63. The van der Waals surface area contributed by atoms with E-state index in [1.807, 2.05) is 24.3 Å². The first-order valence-electron chi connectivity index (χ1n) is 9.22. The van der Waals surface area contributed by atoms with Crippen LogP contribution in [-0.2, 0) is 4.74 Å². The quantitative estimate of drug-likeness (QED) is 0.854. The molecular weight excluding hydrogens is 304 g/mol. The number of anilines is 1. The molecule has 0 aromatic heterocycles. The van der Waals surface area contributed by atoms with Gasteiger partial charge >= 0.3 is 6.03 Å². The number of hydrogen-bond donors (Lipinski definition) is 2. The van der Waals surface area contributed by atoms with Gasteiger partial charge in [-0.15, -0.1) is 0 Å². The van der Waals surface area contributed by atoms with Crippen LogP contribution in [0.4, 0.5) is 10.5 Å². The molecule has 0 radical (unpaired) electrons. The summed E-state index contributed by atoms with van der Waals surface area (Å²) < 4.78 is 11.6. The zero-order valence-corrected chi connectivity index (χ0v) is 14.3. The van der Waals surface area contributed by atoms with Crippen LogP contribution in [0.15, 0.2) is 24.3 Å². The van der Waals surface area contributed by atoms with E-state index in [-0.39, 0.29) is 12.1 Å². The molecule has 2 fully saturated rings. The number of amides is 2. The van der Waals surface area contributed by atoms with Crippen molar-refractivity contribution in [2.24, 2.45) is 0 Å². The highest BCUT2D eigenvalue weighted by molar-refractivity contribution is 5.91. The van der Waals surface area contributed by atoms with E-state index in [1.54, 1.807) is 0 Å². The topological polar surface area (TPSA) is 59.6 Å². The van der Waals surface area contributed by atoms with Crippen LogP contribution < -0.4 is 15.4 Å². The molecule has 5 nitrogen and oxygen atoms in total. The van der Waals surface area contributed by atoms with Crippen LogP contribution in [0.25, 0.3) is 0 Å². The minimum atomic E-state index is -0.146. The van der Waals surface area contributed by atoms with E-state index in [9.17, 15) is 4.79 Å². The van der Waals surface area contributed by atoms with Crippen LogP contribution in [0.1, 0.15) is 51.4 Å². The van der Waals surface area contributed by atoms with Crippen molar-refractivity contribution in [3.8, 4) is 5.75 Å². The summed E-state index contributed by atoms with van der Waals surface area (Å²) in [5.74, 6) is 0.700. The molecule has 24 heavy (non-hydrogen) atoms. The molecule has 132 valence electrons. The molecule has 1 atom stereocenters. The summed E-state index contributed by atoms with van der Waals surface area (Å²) >= 11 is 0. The van der Waals surface area contributed by atoms with Gasteiger partial charge in [-0.3, -0.25) is 0 Å². The fourth-order valence-electron chi connectivity index (χ4n) is 3.41. The Morgan fingerprint density at radius 2 is 1.88 bits per heavy atom. The summed E-state index contributed by atoms with van der Waals surface area (Å²) in [4.78, 5) is 12.2. The summed E-state index contributed by atoms with van der Waals surface area (Å²) in [7, 11) is 0. The van der Waals surface area contributed by atoms with E-state index in [2.05, 4.69) is 10.6 Å². The largest absolute Gasteiger partial charge is 0.489 e. The molecule has 1 saturated heterocycles. The third-order valence-electron chi connectivity index (χ3n) is 4.77. The van der Waals surface area contributed by atoms with Gasteiger partial charge in [-0.1, -0.05) is 31.4 Å². The lowest BCUT2D eigenvalue weighted by molar-refractivity contribution is -0.0109. The molecule has 2 amide bonds. The highest BCUT2D eigenvalue weighted by atomic mass is 16.5.